The maximum absolute atomic E-state index is 13.1. The van der Waals surface area contributed by atoms with Gasteiger partial charge in [0.25, 0.3) is 0 Å². The fourth-order valence-corrected chi connectivity index (χ4v) is 4.89. The van der Waals surface area contributed by atoms with Gasteiger partial charge in [-0.1, -0.05) is 62.4 Å². The number of rotatable bonds is 6. The van der Waals surface area contributed by atoms with Gasteiger partial charge >= 0.3 is 12.1 Å². The summed E-state index contributed by atoms with van der Waals surface area (Å²) in [6.07, 6.45) is -0.321. The minimum absolute atomic E-state index is 0.0221. The Kier molecular flexibility index (Phi) is 6.15. The lowest BCUT2D eigenvalue weighted by Crippen LogP contribution is -2.50. The van der Waals surface area contributed by atoms with Crippen molar-refractivity contribution in [2.75, 3.05) is 26.7 Å². The van der Waals surface area contributed by atoms with Gasteiger partial charge in [-0.15, -0.1) is 0 Å². The second-order valence-corrected chi connectivity index (χ2v) is 9.70. The van der Waals surface area contributed by atoms with Crippen molar-refractivity contribution < 1.29 is 24.2 Å². The summed E-state index contributed by atoms with van der Waals surface area (Å²) in [6.45, 7) is 5.35. The zero-order valence-corrected chi connectivity index (χ0v) is 19.3. The molecule has 2 aromatic rings. The van der Waals surface area contributed by atoms with Gasteiger partial charge in [0, 0.05) is 26.1 Å². The molecular formula is C26H30N2O5. The lowest BCUT2D eigenvalue weighted by molar-refractivity contribution is -0.144. The van der Waals surface area contributed by atoms with Crippen molar-refractivity contribution in [3.8, 4) is 11.1 Å². The predicted octanol–water partition coefficient (Wildman–Crippen LogP) is 3.97. The number of ether oxygens (including phenoxy) is 1. The molecule has 33 heavy (non-hydrogen) atoms. The van der Waals surface area contributed by atoms with Gasteiger partial charge in [0.1, 0.15) is 12.6 Å². The van der Waals surface area contributed by atoms with Crippen LogP contribution in [0.15, 0.2) is 48.5 Å². The Morgan fingerprint density at radius 2 is 1.67 bits per heavy atom. The van der Waals surface area contributed by atoms with E-state index in [2.05, 4.69) is 26.0 Å². The summed E-state index contributed by atoms with van der Waals surface area (Å²) < 4.78 is 5.64. The van der Waals surface area contributed by atoms with Crippen molar-refractivity contribution in [3.05, 3.63) is 59.7 Å². The van der Waals surface area contributed by atoms with E-state index >= 15 is 0 Å². The average molecular weight is 451 g/mol. The summed E-state index contributed by atoms with van der Waals surface area (Å²) in [6, 6.07) is 15.0. The van der Waals surface area contributed by atoms with Gasteiger partial charge in [-0.05, 0) is 34.1 Å². The third-order valence-corrected chi connectivity index (χ3v) is 6.73. The van der Waals surface area contributed by atoms with Gasteiger partial charge < -0.3 is 14.7 Å². The number of amides is 2. The number of likely N-dealkylation sites (N-methyl/N-ethyl adjacent to an activating group) is 1. The number of fused-ring (bicyclic) bond motifs is 3. The molecule has 0 radical (unpaired) electrons. The maximum atomic E-state index is 13.1. The summed E-state index contributed by atoms with van der Waals surface area (Å²) in [4.78, 5) is 40.3. The van der Waals surface area contributed by atoms with Gasteiger partial charge in [-0.3, -0.25) is 14.5 Å². The Morgan fingerprint density at radius 1 is 1.09 bits per heavy atom. The molecule has 2 aromatic carbocycles. The first kappa shape index (κ1) is 22.8. The van der Waals surface area contributed by atoms with E-state index in [1.807, 2.05) is 36.4 Å². The molecule has 0 spiro atoms. The van der Waals surface area contributed by atoms with Gasteiger partial charge in [-0.2, -0.15) is 0 Å². The van der Waals surface area contributed by atoms with Gasteiger partial charge in [-0.25, -0.2) is 4.79 Å². The monoisotopic (exact) mass is 450 g/mol. The van der Waals surface area contributed by atoms with Crippen molar-refractivity contribution in [1.82, 2.24) is 9.80 Å². The molecule has 174 valence electrons. The fraction of sp³-hybridized carbons (Fsp3) is 0.423. The highest BCUT2D eigenvalue weighted by molar-refractivity contribution is 5.89. The topological polar surface area (TPSA) is 87.1 Å². The van der Waals surface area contributed by atoms with Crippen LogP contribution in [-0.4, -0.2) is 65.7 Å². The Balaban J connectivity index is 1.48. The first-order valence-corrected chi connectivity index (χ1v) is 11.3. The molecule has 4 rings (SSSR count). The van der Waals surface area contributed by atoms with Gasteiger partial charge in [0.2, 0.25) is 5.91 Å². The van der Waals surface area contributed by atoms with E-state index in [0.29, 0.717) is 13.1 Å². The molecule has 2 aliphatic rings. The molecule has 1 fully saturated rings. The van der Waals surface area contributed by atoms with Crippen molar-refractivity contribution in [2.45, 2.75) is 38.6 Å². The second kappa shape index (κ2) is 8.89. The number of nitrogens with zero attached hydrogens (tertiary/aromatic N) is 2. The molecule has 1 atom stereocenters. The van der Waals surface area contributed by atoms with Crippen molar-refractivity contribution in [1.29, 1.82) is 0 Å². The Labute approximate surface area is 193 Å². The van der Waals surface area contributed by atoms with Crippen LogP contribution in [0.2, 0.25) is 0 Å². The SMILES string of the molecule is CN(C(=O)OCC1c2ccccc2-c2ccccc21)C(CC(=O)O)C(=O)N1CCC(C)(C)C1. The number of carboxylic acid groups (broad SMARTS) is 1. The first-order chi connectivity index (χ1) is 15.7. The Hall–Kier alpha value is -3.35. The van der Waals surface area contributed by atoms with E-state index in [0.717, 1.165) is 33.6 Å². The van der Waals surface area contributed by atoms with Crippen LogP contribution < -0.4 is 0 Å². The molecule has 7 nitrogen and oxygen atoms in total. The number of carbonyl (C=O) groups is 3. The normalized spacial score (nSPS) is 17.2. The smallest absolute Gasteiger partial charge is 0.410 e. The summed E-state index contributed by atoms with van der Waals surface area (Å²) >= 11 is 0. The number of benzene rings is 2. The summed E-state index contributed by atoms with van der Waals surface area (Å²) in [5.74, 6) is -1.59. The molecule has 1 aliphatic carbocycles. The van der Waals surface area contributed by atoms with E-state index in [1.54, 1.807) is 4.90 Å². The van der Waals surface area contributed by atoms with E-state index in [4.69, 9.17) is 4.74 Å². The average Bonchev–Trinajstić information content (AvgIpc) is 3.32. The van der Waals surface area contributed by atoms with Crippen LogP contribution in [-0.2, 0) is 14.3 Å². The molecule has 0 bridgehead atoms. The number of hydrogen-bond acceptors (Lipinski definition) is 4. The van der Waals surface area contributed by atoms with Crippen LogP contribution in [0.25, 0.3) is 11.1 Å². The standard InChI is InChI=1S/C26H30N2O5/c1-26(2)12-13-28(16-26)24(31)22(14-23(29)30)27(3)25(32)33-15-21-19-10-6-4-8-17(19)18-9-5-7-11-20(18)21/h4-11,21-22H,12-16H2,1-3H3,(H,29,30). The molecule has 1 unspecified atom stereocenters. The molecule has 1 heterocycles. The zero-order valence-electron chi connectivity index (χ0n) is 19.3. The van der Waals surface area contributed by atoms with Crippen LogP contribution in [0.5, 0.6) is 0 Å². The summed E-state index contributed by atoms with van der Waals surface area (Å²) in [7, 11) is 1.44. The molecular weight excluding hydrogens is 420 g/mol. The Morgan fingerprint density at radius 3 is 2.18 bits per heavy atom. The molecule has 0 saturated carbocycles. The van der Waals surface area contributed by atoms with Crippen LogP contribution in [0.3, 0.4) is 0 Å². The highest BCUT2D eigenvalue weighted by Crippen LogP contribution is 2.44. The number of carbonyl (C=O) groups excluding carboxylic acids is 2. The maximum Gasteiger partial charge on any atom is 0.410 e. The molecule has 7 heteroatoms. The lowest BCUT2D eigenvalue weighted by atomic mass is 9.93. The van der Waals surface area contributed by atoms with Crippen molar-refractivity contribution >= 4 is 18.0 Å². The van der Waals surface area contributed by atoms with E-state index in [1.165, 1.54) is 7.05 Å². The molecule has 2 amide bonds. The molecule has 1 saturated heterocycles. The minimum Gasteiger partial charge on any atom is -0.481 e. The van der Waals surface area contributed by atoms with Crippen LogP contribution in [0.1, 0.15) is 43.7 Å². The largest absolute Gasteiger partial charge is 0.481 e. The minimum atomic E-state index is -1.13. The van der Waals surface area contributed by atoms with Crippen LogP contribution in [0.4, 0.5) is 4.79 Å². The van der Waals surface area contributed by atoms with E-state index < -0.39 is 24.5 Å². The third kappa shape index (κ3) is 4.58. The fourth-order valence-electron chi connectivity index (χ4n) is 4.89. The number of hydrogen-bond donors (Lipinski definition) is 1. The predicted molar refractivity (Wildman–Crippen MR) is 124 cm³/mol. The Bertz CT molecular complexity index is 1030. The zero-order chi connectivity index (χ0) is 23.8. The third-order valence-electron chi connectivity index (χ3n) is 6.73. The molecule has 1 aliphatic heterocycles. The number of carboxylic acids is 1. The van der Waals surface area contributed by atoms with Crippen LogP contribution in [0, 0.1) is 5.41 Å². The van der Waals surface area contributed by atoms with Crippen molar-refractivity contribution in [3.63, 3.8) is 0 Å². The molecule has 1 N–H and O–H groups in total. The highest BCUT2D eigenvalue weighted by Gasteiger charge is 2.39. The van der Waals surface area contributed by atoms with E-state index in [-0.39, 0.29) is 23.8 Å². The van der Waals surface area contributed by atoms with Gasteiger partial charge in [0.15, 0.2) is 0 Å². The second-order valence-electron chi connectivity index (χ2n) is 9.70. The quantitative estimate of drug-likeness (QED) is 0.720. The highest BCUT2D eigenvalue weighted by atomic mass is 16.6. The van der Waals surface area contributed by atoms with Crippen molar-refractivity contribution in [2.24, 2.45) is 5.41 Å². The first-order valence-electron chi connectivity index (χ1n) is 11.3. The number of aliphatic carboxylic acids is 1. The van der Waals surface area contributed by atoms with E-state index in [9.17, 15) is 19.5 Å². The summed E-state index contributed by atoms with van der Waals surface area (Å²) in [5, 5.41) is 9.38. The lowest BCUT2D eigenvalue weighted by Gasteiger charge is -2.30. The summed E-state index contributed by atoms with van der Waals surface area (Å²) in [5.41, 5.74) is 4.40. The van der Waals surface area contributed by atoms with Crippen LogP contribution >= 0.6 is 0 Å². The number of likely N-dealkylation sites (tertiary alicyclic amines) is 1. The van der Waals surface area contributed by atoms with Gasteiger partial charge in [0.05, 0.1) is 6.42 Å². The molecule has 0 aromatic heterocycles.